The van der Waals surface area contributed by atoms with E-state index >= 15 is 0 Å². The van der Waals surface area contributed by atoms with Crippen LogP contribution in [0.2, 0.25) is 0 Å². The Bertz CT molecular complexity index is 561. The van der Waals surface area contributed by atoms with Crippen LogP contribution in [0.15, 0.2) is 30.5 Å². The highest BCUT2D eigenvalue weighted by Crippen LogP contribution is 2.31. The maximum atomic E-state index is 10.5. The molecule has 0 amide bonds. The number of aliphatic hydroxyl groups excluding tert-OH is 1. The molecule has 0 radical (unpaired) electrons. The quantitative estimate of drug-likeness (QED) is 0.919. The number of hydrogen-bond donors (Lipinski definition) is 1. The fourth-order valence-electron chi connectivity index (χ4n) is 2.12. The third kappa shape index (κ3) is 2.96. The van der Waals surface area contributed by atoms with Crippen LogP contribution in [0.3, 0.4) is 0 Å². The molecule has 1 aromatic heterocycles. The van der Waals surface area contributed by atoms with Gasteiger partial charge >= 0.3 is 0 Å². The zero-order valence-corrected chi connectivity index (χ0v) is 11.8. The van der Waals surface area contributed by atoms with Gasteiger partial charge in [-0.15, -0.1) is 0 Å². The van der Waals surface area contributed by atoms with Gasteiger partial charge in [0.15, 0.2) is 0 Å². The van der Waals surface area contributed by atoms with Crippen molar-refractivity contribution < 1.29 is 9.84 Å². The summed E-state index contributed by atoms with van der Waals surface area (Å²) in [5.41, 5.74) is 2.41. The first-order valence-corrected chi connectivity index (χ1v) is 6.43. The summed E-state index contributed by atoms with van der Waals surface area (Å²) in [6, 6.07) is 7.57. The zero-order chi connectivity index (χ0) is 14.0. The van der Waals surface area contributed by atoms with E-state index in [4.69, 9.17) is 4.74 Å². The van der Waals surface area contributed by atoms with Crippen molar-refractivity contribution in [1.82, 2.24) is 9.78 Å². The SMILES string of the molecule is Cc1nn(C)cc1C(O)c1ccccc1OC(C)C. The Labute approximate surface area is 113 Å². The summed E-state index contributed by atoms with van der Waals surface area (Å²) in [6.45, 7) is 5.83. The van der Waals surface area contributed by atoms with E-state index < -0.39 is 6.10 Å². The Hall–Kier alpha value is -1.81. The lowest BCUT2D eigenvalue weighted by Gasteiger charge is -2.17. The summed E-state index contributed by atoms with van der Waals surface area (Å²) in [5, 5.41) is 14.8. The highest BCUT2D eigenvalue weighted by atomic mass is 16.5. The second-order valence-electron chi connectivity index (χ2n) is 4.95. The summed E-state index contributed by atoms with van der Waals surface area (Å²) >= 11 is 0. The van der Waals surface area contributed by atoms with Gasteiger partial charge in [0.2, 0.25) is 0 Å². The first-order valence-electron chi connectivity index (χ1n) is 6.43. The molecule has 1 heterocycles. The Balaban J connectivity index is 2.38. The molecule has 1 aromatic carbocycles. The number of aryl methyl sites for hydroxylation is 2. The highest BCUT2D eigenvalue weighted by Gasteiger charge is 2.19. The maximum Gasteiger partial charge on any atom is 0.125 e. The van der Waals surface area contributed by atoms with Crippen LogP contribution >= 0.6 is 0 Å². The fourth-order valence-corrected chi connectivity index (χ4v) is 2.12. The molecule has 4 heteroatoms. The molecule has 2 rings (SSSR count). The summed E-state index contributed by atoms with van der Waals surface area (Å²) in [5.74, 6) is 0.716. The summed E-state index contributed by atoms with van der Waals surface area (Å²) in [4.78, 5) is 0. The molecular formula is C15H20N2O2. The van der Waals surface area contributed by atoms with Crippen molar-refractivity contribution in [3.05, 3.63) is 47.3 Å². The topological polar surface area (TPSA) is 47.3 Å². The molecule has 0 fully saturated rings. The van der Waals surface area contributed by atoms with Gasteiger partial charge in [0.25, 0.3) is 0 Å². The van der Waals surface area contributed by atoms with Crippen LogP contribution in [0.1, 0.15) is 36.8 Å². The normalized spacial score (nSPS) is 12.7. The number of rotatable bonds is 4. The Kier molecular flexibility index (Phi) is 3.90. The van der Waals surface area contributed by atoms with Crippen molar-refractivity contribution in [1.29, 1.82) is 0 Å². The first kappa shape index (κ1) is 13.6. The standard InChI is InChI=1S/C15H20N2O2/c1-10(2)19-14-8-6-5-7-12(14)15(18)13-9-17(4)16-11(13)3/h5-10,15,18H,1-4H3. The number of hydrogen-bond acceptors (Lipinski definition) is 3. The minimum absolute atomic E-state index is 0.0725. The lowest BCUT2D eigenvalue weighted by molar-refractivity contribution is 0.197. The van der Waals surface area contributed by atoms with Gasteiger partial charge in [-0.25, -0.2) is 0 Å². The average molecular weight is 260 g/mol. The molecule has 1 atom stereocenters. The van der Waals surface area contributed by atoms with E-state index in [9.17, 15) is 5.11 Å². The van der Waals surface area contributed by atoms with Crippen LogP contribution < -0.4 is 4.74 Å². The molecule has 0 saturated carbocycles. The van der Waals surface area contributed by atoms with Gasteiger partial charge < -0.3 is 9.84 Å². The van der Waals surface area contributed by atoms with E-state index in [1.54, 1.807) is 4.68 Å². The van der Waals surface area contributed by atoms with Gasteiger partial charge in [-0.3, -0.25) is 4.68 Å². The van der Waals surface area contributed by atoms with Crippen LogP contribution in [-0.2, 0) is 7.05 Å². The average Bonchev–Trinajstić information content (AvgIpc) is 2.67. The first-order chi connectivity index (χ1) is 8.99. The van der Waals surface area contributed by atoms with Crippen LogP contribution in [0.4, 0.5) is 0 Å². The molecule has 0 aliphatic heterocycles. The molecule has 1 unspecified atom stereocenters. The fraction of sp³-hybridized carbons (Fsp3) is 0.400. The maximum absolute atomic E-state index is 10.5. The summed E-state index contributed by atoms with van der Waals surface area (Å²) in [7, 11) is 1.85. The molecule has 0 aliphatic carbocycles. The molecule has 1 N–H and O–H groups in total. The van der Waals surface area contributed by atoms with Gasteiger partial charge in [-0.1, -0.05) is 18.2 Å². The Morgan fingerprint density at radius 1 is 1.21 bits per heavy atom. The molecule has 0 spiro atoms. The van der Waals surface area contributed by atoms with Crippen molar-refractivity contribution in [3.8, 4) is 5.75 Å². The number of ether oxygens (including phenoxy) is 1. The number of para-hydroxylation sites is 1. The molecule has 2 aromatic rings. The third-order valence-corrected chi connectivity index (χ3v) is 2.92. The number of aliphatic hydroxyl groups is 1. The lowest BCUT2D eigenvalue weighted by atomic mass is 10.0. The Morgan fingerprint density at radius 3 is 2.47 bits per heavy atom. The van der Waals surface area contributed by atoms with E-state index in [-0.39, 0.29) is 6.10 Å². The molecule has 4 nitrogen and oxygen atoms in total. The highest BCUT2D eigenvalue weighted by molar-refractivity contribution is 5.40. The largest absolute Gasteiger partial charge is 0.491 e. The van der Waals surface area contributed by atoms with Crippen molar-refractivity contribution in [3.63, 3.8) is 0 Å². The molecule has 102 valence electrons. The van der Waals surface area contributed by atoms with Gasteiger partial charge in [0, 0.05) is 24.4 Å². The van der Waals surface area contributed by atoms with Gasteiger partial charge in [0.1, 0.15) is 11.9 Å². The van der Waals surface area contributed by atoms with Crippen molar-refractivity contribution >= 4 is 0 Å². The minimum Gasteiger partial charge on any atom is -0.491 e. The summed E-state index contributed by atoms with van der Waals surface area (Å²) < 4.78 is 7.46. The number of nitrogens with zero attached hydrogens (tertiary/aromatic N) is 2. The number of benzene rings is 1. The monoisotopic (exact) mass is 260 g/mol. The molecule has 0 aliphatic rings. The van der Waals surface area contributed by atoms with E-state index in [1.165, 1.54) is 0 Å². The smallest absolute Gasteiger partial charge is 0.125 e. The molecule has 0 saturated heterocycles. The van der Waals surface area contributed by atoms with E-state index in [0.29, 0.717) is 5.75 Å². The van der Waals surface area contributed by atoms with Crippen LogP contribution in [0, 0.1) is 6.92 Å². The van der Waals surface area contributed by atoms with Crippen molar-refractivity contribution in [2.45, 2.75) is 33.0 Å². The summed E-state index contributed by atoms with van der Waals surface area (Å²) in [6.07, 6.45) is 1.19. The predicted molar refractivity (Wildman–Crippen MR) is 74.2 cm³/mol. The van der Waals surface area contributed by atoms with Gasteiger partial charge in [-0.05, 0) is 26.8 Å². The van der Waals surface area contributed by atoms with Crippen LogP contribution in [-0.4, -0.2) is 21.0 Å². The zero-order valence-electron chi connectivity index (χ0n) is 11.8. The number of aromatic nitrogens is 2. The minimum atomic E-state index is -0.719. The van der Waals surface area contributed by atoms with Crippen LogP contribution in [0.5, 0.6) is 5.75 Å². The molecule has 0 bridgehead atoms. The van der Waals surface area contributed by atoms with Gasteiger partial charge in [0.05, 0.1) is 11.8 Å². The van der Waals surface area contributed by atoms with Crippen LogP contribution in [0.25, 0.3) is 0 Å². The second kappa shape index (κ2) is 5.45. The van der Waals surface area contributed by atoms with Gasteiger partial charge in [-0.2, -0.15) is 5.10 Å². The molecular weight excluding hydrogens is 240 g/mol. The Morgan fingerprint density at radius 2 is 1.89 bits per heavy atom. The lowest BCUT2D eigenvalue weighted by Crippen LogP contribution is -2.10. The van der Waals surface area contributed by atoms with E-state index in [2.05, 4.69) is 5.10 Å². The predicted octanol–water partition coefficient (Wildman–Crippen LogP) is 2.60. The van der Waals surface area contributed by atoms with Crippen molar-refractivity contribution in [2.24, 2.45) is 7.05 Å². The second-order valence-corrected chi connectivity index (χ2v) is 4.95. The van der Waals surface area contributed by atoms with E-state index in [1.807, 2.05) is 58.3 Å². The third-order valence-electron chi connectivity index (χ3n) is 2.92. The van der Waals surface area contributed by atoms with Crippen molar-refractivity contribution in [2.75, 3.05) is 0 Å². The molecule has 19 heavy (non-hydrogen) atoms. The van der Waals surface area contributed by atoms with E-state index in [0.717, 1.165) is 16.8 Å².